The molecule has 1 fully saturated rings. The Morgan fingerprint density at radius 2 is 1.88 bits per heavy atom. The normalized spacial score (nSPS) is 14.7. The van der Waals surface area contributed by atoms with E-state index in [9.17, 15) is 4.79 Å². The first-order chi connectivity index (χ1) is 12.2. The van der Waals surface area contributed by atoms with Crippen LogP contribution < -0.4 is 10.1 Å². The van der Waals surface area contributed by atoms with Gasteiger partial charge in [-0.25, -0.2) is 4.98 Å². The molecule has 132 valence electrons. The van der Waals surface area contributed by atoms with E-state index in [1.807, 2.05) is 36.1 Å². The third kappa shape index (κ3) is 4.29. The molecule has 5 heteroatoms. The number of carbonyl (C=O) groups is 1. The van der Waals surface area contributed by atoms with E-state index in [0.717, 1.165) is 48.6 Å². The molecule has 1 aliphatic heterocycles. The first-order valence-corrected chi connectivity index (χ1v) is 8.84. The number of methoxy groups -OCH3 is 1. The lowest BCUT2D eigenvalue weighted by Crippen LogP contribution is -2.32. The molecule has 1 aromatic carbocycles. The van der Waals surface area contributed by atoms with E-state index in [4.69, 9.17) is 4.74 Å². The van der Waals surface area contributed by atoms with E-state index in [-0.39, 0.29) is 5.91 Å². The fraction of sp³-hybridized carbons (Fsp3) is 0.400. The predicted octanol–water partition coefficient (Wildman–Crippen LogP) is 4.16. The highest BCUT2D eigenvalue weighted by atomic mass is 16.5. The number of aryl methyl sites for hydroxylation is 1. The number of nitrogens with zero attached hydrogens (tertiary/aromatic N) is 2. The number of pyridine rings is 1. The van der Waals surface area contributed by atoms with Gasteiger partial charge in [0.2, 0.25) is 0 Å². The van der Waals surface area contributed by atoms with Crippen LogP contribution >= 0.6 is 0 Å². The van der Waals surface area contributed by atoms with Gasteiger partial charge in [0, 0.05) is 13.1 Å². The van der Waals surface area contributed by atoms with Crippen molar-refractivity contribution in [1.29, 1.82) is 0 Å². The molecule has 1 N–H and O–H groups in total. The minimum atomic E-state index is 0.0292. The fourth-order valence-corrected chi connectivity index (χ4v) is 3.11. The maximum absolute atomic E-state index is 12.6. The van der Waals surface area contributed by atoms with Crippen molar-refractivity contribution in [3.8, 4) is 5.75 Å². The maximum Gasteiger partial charge on any atom is 0.272 e. The van der Waals surface area contributed by atoms with Crippen molar-refractivity contribution in [3.63, 3.8) is 0 Å². The zero-order chi connectivity index (χ0) is 17.6. The van der Waals surface area contributed by atoms with E-state index < -0.39 is 0 Å². The lowest BCUT2D eigenvalue weighted by Gasteiger charge is -2.19. The molecule has 1 aliphatic rings. The summed E-state index contributed by atoms with van der Waals surface area (Å²) in [5, 5.41) is 3.31. The summed E-state index contributed by atoms with van der Waals surface area (Å²) >= 11 is 0. The van der Waals surface area contributed by atoms with Crippen LogP contribution in [0.25, 0.3) is 0 Å². The van der Waals surface area contributed by atoms with Gasteiger partial charge in [-0.15, -0.1) is 0 Å². The molecule has 1 saturated heterocycles. The highest BCUT2D eigenvalue weighted by molar-refractivity contribution is 5.92. The van der Waals surface area contributed by atoms with Gasteiger partial charge in [0.15, 0.2) is 0 Å². The quantitative estimate of drug-likeness (QED) is 0.909. The van der Waals surface area contributed by atoms with E-state index in [1.165, 1.54) is 12.8 Å². The Morgan fingerprint density at radius 3 is 2.52 bits per heavy atom. The van der Waals surface area contributed by atoms with Gasteiger partial charge in [0.05, 0.1) is 24.7 Å². The maximum atomic E-state index is 12.6. The van der Waals surface area contributed by atoms with Crippen LogP contribution in [0.15, 0.2) is 36.5 Å². The molecule has 0 saturated carbocycles. The monoisotopic (exact) mass is 339 g/mol. The van der Waals surface area contributed by atoms with Crippen LogP contribution in [0.5, 0.6) is 5.75 Å². The number of nitrogens with one attached hydrogen (secondary N) is 1. The van der Waals surface area contributed by atoms with Crippen molar-refractivity contribution in [2.24, 2.45) is 0 Å². The van der Waals surface area contributed by atoms with Crippen LogP contribution in [-0.2, 0) is 0 Å². The molecule has 0 unspecified atom stereocenters. The zero-order valence-corrected chi connectivity index (χ0v) is 14.9. The van der Waals surface area contributed by atoms with E-state index >= 15 is 0 Å². The average molecular weight is 339 g/mol. The minimum absolute atomic E-state index is 0.0292. The second kappa shape index (κ2) is 8.01. The Kier molecular flexibility index (Phi) is 5.53. The van der Waals surface area contributed by atoms with Gasteiger partial charge in [0.25, 0.3) is 5.91 Å². The van der Waals surface area contributed by atoms with E-state index in [1.54, 1.807) is 19.4 Å². The van der Waals surface area contributed by atoms with Gasteiger partial charge in [-0.05, 0) is 49.6 Å². The second-order valence-electron chi connectivity index (χ2n) is 6.47. The van der Waals surface area contributed by atoms with Gasteiger partial charge in [-0.2, -0.15) is 0 Å². The summed E-state index contributed by atoms with van der Waals surface area (Å²) in [7, 11) is 1.65. The minimum Gasteiger partial charge on any atom is -0.495 e. The molecule has 0 atom stereocenters. The zero-order valence-electron chi connectivity index (χ0n) is 14.9. The van der Waals surface area contributed by atoms with Crippen molar-refractivity contribution >= 4 is 17.3 Å². The number of benzene rings is 1. The van der Waals surface area contributed by atoms with Gasteiger partial charge >= 0.3 is 0 Å². The number of aromatic nitrogens is 1. The molecule has 1 aromatic heterocycles. The molecule has 25 heavy (non-hydrogen) atoms. The molecule has 0 radical (unpaired) electrons. The Bertz CT molecular complexity index is 720. The van der Waals surface area contributed by atoms with Crippen LogP contribution in [0.2, 0.25) is 0 Å². The molecule has 3 rings (SSSR count). The highest BCUT2D eigenvalue weighted by Gasteiger charge is 2.18. The van der Waals surface area contributed by atoms with Gasteiger partial charge in [0.1, 0.15) is 11.4 Å². The van der Waals surface area contributed by atoms with E-state index in [2.05, 4.69) is 10.3 Å². The van der Waals surface area contributed by atoms with Crippen LogP contribution in [0, 0.1) is 6.92 Å². The average Bonchev–Trinajstić information content (AvgIpc) is 2.91. The largest absolute Gasteiger partial charge is 0.495 e. The summed E-state index contributed by atoms with van der Waals surface area (Å²) < 4.78 is 5.38. The summed E-state index contributed by atoms with van der Waals surface area (Å²) in [4.78, 5) is 18.9. The molecule has 2 aromatic rings. The lowest BCUT2D eigenvalue weighted by molar-refractivity contribution is 0.0756. The van der Waals surface area contributed by atoms with Crippen LogP contribution in [0.1, 0.15) is 41.7 Å². The number of rotatable bonds is 4. The molecular weight excluding hydrogens is 314 g/mol. The van der Waals surface area contributed by atoms with E-state index in [0.29, 0.717) is 5.69 Å². The van der Waals surface area contributed by atoms with Gasteiger partial charge in [-0.1, -0.05) is 18.9 Å². The summed E-state index contributed by atoms with van der Waals surface area (Å²) in [6, 6.07) is 9.64. The highest BCUT2D eigenvalue weighted by Crippen LogP contribution is 2.28. The first kappa shape index (κ1) is 17.3. The summed E-state index contributed by atoms with van der Waals surface area (Å²) in [5.74, 6) is 0.803. The number of likely N-dealkylation sites (tertiary alicyclic amines) is 1. The number of carbonyl (C=O) groups excluding carboxylic acids is 1. The van der Waals surface area contributed by atoms with Gasteiger partial charge in [-0.3, -0.25) is 4.79 Å². The van der Waals surface area contributed by atoms with Crippen LogP contribution in [0.4, 0.5) is 11.4 Å². The summed E-state index contributed by atoms with van der Waals surface area (Å²) in [6.07, 6.45) is 6.28. The molecule has 1 amide bonds. The number of hydrogen-bond donors (Lipinski definition) is 1. The Labute approximate surface area is 149 Å². The molecular formula is C20H25N3O2. The van der Waals surface area contributed by atoms with Crippen molar-refractivity contribution < 1.29 is 9.53 Å². The number of anilines is 2. The fourth-order valence-electron chi connectivity index (χ4n) is 3.11. The Balaban J connectivity index is 1.72. The van der Waals surface area contributed by atoms with Crippen LogP contribution in [0.3, 0.4) is 0 Å². The van der Waals surface area contributed by atoms with Crippen molar-refractivity contribution in [3.05, 3.63) is 47.8 Å². The molecule has 5 nitrogen and oxygen atoms in total. The second-order valence-corrected chi connectivity index (χ2v) is 6.47. The van der Waals surface area contributed by atoms with Gasteiger partial charge < -0.3 is 15.0 Å². The third-order valence-electron chi connectivity index (χ3n) is 4.51. The number of amides is 1. The van der Waals surface area contributed by atoms with Crippen LogP contribution in [-0.4, -0.2) is 36.0 Å². The topological polar surface area (TPSA) is 54.5 Å². The summed E-state index contributed by atoms with van der Waals surface area (Å²) in [6.45, 7) is 3.70. The summed E-state index contributed by atoms with van der Waals surface area (Å²) in [5.41, 5.74) is 3.36. The Morgan fingerprint density at radius 1 is 1.12 bits per heavy atom. The molecule has 2 heterocycles. The van der Waals surface area contributed by atoms with Crippen molar-refractivity contribution in [2.45, 2.75) is 32.6 Å². The Hall–Kier alpha value is -2.56. The lowest BCUT2D eigenvalue weighted by atomic mass is 10.2. The standard InChI is InChI=1S/C20H25N3O2/c1-15-7-10-19(25-2)18(13-15)22-16-8-9-17(21-14-16)20(24)23-11-5-3-4-6-12-23/h7-10,13-14,22H,3-6,11-12H2,1-2H3. The molecule has 0 aliphatic carbocycles. The molecule has 0 spiro atoms. The first-order valence-electron chi connectivity index (χ1n) is 8.84. The van der Waals surface area contributed by atoms with Crippen molar-refractivity contribution in [1.82, 2.24) is 9.88 Å². The predicted molar refractivity (Wildman–Crippen MR) is 99.6 cm³/mol. The SMILES string of the molecule is COc1ccc(C)cc1Nc1ccc(C(=O)N2CCCCCC2)nc1. The number of ether oxygens (including phenoxy) is 1. The smallest absolute Gasteiger partial charge is 0.272 e. The third-order valence-corrected chi connectivity index (χ3v) is 4.51. The number of hydrogen-bond acceptors (Lipinski definition) is 4. The van der Waals surface area contributed by atoms with Crippen molar-refractivity contribution in [2.75, 3.05) is 25.5 Å². The molecule has 0 bridgehead atoms.